The number of thiazole rings is 1. The first kappa shape index (κ1) is 15.4. The van der Waals surface area contributed by atoms with Crippen LogP contribution in [0.4, 0.5) is 5.13 Å². The summed E-state index contributed by atoms with van der Waals surface area (Å²) in [6, 6.07) is 4.39. The molecule has 5 heteroatoms. The maximum Gasteiger partial charge on any atom is 0.180 e. The van der Waals surface area contributed by atoms with Crippen molar-refractivity contribution in [2.45, 2.75) is 32.1 Å². The van der Waals surface area contributed by atoms with Crippen molar-refractivity contribution in [2.24, 2.45) is 5.92 Å². The van der Waals surface area contributed by atoms with Crippen LogP contribution in [0.15, 0.2) is 23.6 Å². The number of aromatic nitrogens is 1. The highest BCUT2D eigenvalue weighted by Gasteiger charge is 2.23. The monoisotopic (exact) mass is 345 g/mol. The molecular weight excluding hydrogens is 322 g/mol. The van der Waals surface area contributed by atoms with Crippen molar-refractivity contribution in [2.75, 3.05) is 25.4 Å². The quantitative estimate of drug-likeness (QED) is 0.908. The maximum absolute atomic E-state index is 5.84. The molecule has 1 atom stereocenters. The van der Waals surface area contributed by atoms with E-state index in [9.17, 15) is 0 Å². The molecule has 1 aliphatic carbocycles. The summed E-state index contributed by atoms with van der Waals surface area (Å²) in [5, 5.41) is 2.92. The summed E-state index contributed by atoms with van der Waals surface area (Å²) in [4.78, 5) is 9.95. The number of thiophene rings is 1. The van der Waals surface area contributed by atoms with Gasteiger partial charge in [0.2, 0.25) is 0 Å². The Labute approximate surface area is 145 Å². The molecule has 0 bridgehead atoms. The second-order valence-corrected chi connectivity index (χ2v) is 8.64. The van der Waals surface area contributed by atoms with Crippen LogP contribution in [-0.2, 0) is 12.8 Å². The van der Waals surface area contributed by atoms with E-state index in [1.165, 1.54) is 54.2 Å². The second-order valence-electron chi connectivity index (χ2n) is 6.58. The number of nitrogens with two attached hydrogens (primary N) is 1. The normalized spacial score (nSPS) is 21.9. The smallest absolute Gasteiger partial charge is 0.180 e. The number of hydrogen-bond donors (Lipinski definition) is 1. The van der Waals surface area contributed by atoms with Crippen LogP contribution < -0.4 is 5.73 Å². The van der Waals surface area contributed by atoms with Gasteiger partial charge in [0.15, 0.2) is 5.13 Å². The topological polar surface area (TPSA) is 42.1 Å². The van der Waals surface area contributed by atoms with Crippen molar-refractivity contribution in [1.29, 1.82) is 0 Å². The molecule has 0 aromatic carbocycles. The average molecular weight is 346 g/mol. The van der Waals surface area contributed by atoms with Crippen LogP contribution in [0.25, 0.3) is 5.57 Å². The van der Waals surface area contributed by atoms with Crippen LogP contribution in [0.3, 0.4) is 0 Å². The Morgan fingerprint density at radius 2 is 2.30 bits per heavy atom. The summed E-state index contributed by atoms with van der Waals surface area (Å²) in [6.45, 7) is 3.54. The van der Waals surface area contributed by atoms with Crippen molar-refractivity contribution in [3.8, 4) is 0 Å². The summed E-state index contributed by atoms with van der Waals surface area (Å²) in [6.07, 6.45) is 8.52. The third-order valence-electron chi connectivity index (χ3n) is 5.04. The molecule has 0 amide bonds. The van der Waals surface area contributed by atoms with E-state index >= 15 is 0 Å². The standard InChI is InChI=1S/C18H23N3S2/c19-18-20-15-4-3-13(12-17(15)23-18)5-8-21-9-6-14(7-10-21)16-2-1-11-22-16/h1-2,6,11,13H,3-5,7-10,12H2,(H2,19,20). The number of anilines is 1. The molecular formula is C18H23N3S2. The van der Waals surface area contributed by atoms with E-state index in [1.54, 1.807) is 16.9 Å². The maximum atomic E-state index is 5.84. The van der Waals surface area contributed by atoms with E-state index in [2.05, 4.69) is 33.5 Å². The van der Waals surface area contributed by atoms with Gasteiger partial charge in [-0.2, -0.15) is 0 Å². The minimum Gasteiger partial charge on any atom is -0.375 e. The van der Waals surface area contributed by atoms with Gasteiger partial charge in [-0.15, -0.1) is 22.7 Å². The van der Waals surface area contributed by atoms with Gasteiger partial charge < -0.3 is 5.73 Å². The Morgan fingerprint density at radius 3 is 3.09 bits per heavy atom. The lowest BCUT2D eigenvalue weighted by molar-refractivity contribution is 0.266. The summed E-state index contributed by atoms with van der Waals surface area (Å²) in [5.74, 6) is 0.810. The summed E-state index contributed by atoms with van der Waals surface area (Å²) >= 11 is 3.56. The molecule has 2 aromatic rings. The van der Waals surface area contributed by atoms with Crippen LogP contribution in [0.1, 0.15) is 34.7 Å². The molecule has 0 fully saturated rings. The van der Waals surface area contributed by atoms with Crippen LogP contribution in [0.2, 0.25) is 0 Å². The van der Waals surface area contributed by atoms with Gasteiger partial charge in [-0.05, 0) is 61.6 Å². The highest BCUT2D eigenvalue weighted by atomic mass is 32.1. The number of fused-ring (bicyclic) bond motifs is 1. The summed E-state index contributed by atoms with van der Waals surface area (Å²) < 4.78 is 0. The van der Waals surface area contributed by atoms with Crippen molar-refractivity contribution in [3.63, 3.8) is 0 Å². The first-order valence-corrected chi connectivity index (χ1v) is 10.2. The van der Waals surface area contributed by atoms with Crippen molar-refractivity contribution >= 4 is 33.4 Å². The van der Waals surface area contributed by atoms with Crippen LogP contribution in [0.5, 0.6) is 0 Å². The van der Waals surface area contributed by atoms with Crippen LogP contribution in [0, 0.1) is 5.92 Å². The van der Waals surface area contributed by atoms with E-state index in [-0.39, 0.29) is 0 Å². The molecule has 2 aliphatic rings. The number of aryl methyl sites for hydroxylation is 1. The zero-order valence-electron chi connectivity index (χ0n) is 13.3. The lowest BCUT2D eigenvalue weighted by atomic mass is 9.88. The van der Waals surface area contributed by atoms with Crippen molar-refractivity contribution < 1.29 is 0 Å². The lowest BCUT2D eigenvalue weighted by Crippen LogP contribution is -2.31. The van der Waals surface area contributed by atoms with Gasteiger partial charge in [-0.3, -0.25) is 4.90 Å². The highest BCUT2D eigenvalue weighted by molar-refractivity contribution is 7.15. The Hall–Kier alpha value is -1.17. The third kappa shape index (κ3) is 3.52. The number of rotatable bonds is 4. The molecule has 4 rings (SSSR count). The zero-order chi connectivity index (χ0) is 15.6. The molecule has 0 saturated carbocycles. The molecule has 1 aliphatic heterocycles. The molecule has 23 heavy (non-hydrogen) atoms. The number of nitrogen functional groups attached to an aromatic ring is 1. The molecule has 3 heterocycles. The molecule has 2 N–H and O–H groups in total. The molecule has 0 radical (unpaired) electrons. The van der Waals surface area contributed by atoms with Crippen molar-refractivity contribution in [3.05, 3.63) is 39.0 Å². The third-order valence-corrected chi connectivity index (χ3v) is 6.94. The Balaban J connectivity index is 1.28. The van der Waals surface area contributed by atoms with Gasteiger partial charge in [0.25, 0.3) is 0 Å². The Morgan fingerprint density at radius 1 is 1.35 bits per heavy atom. The highest BCUT2D eigenvalue weighted by Crippen LogP contribution is 2.33. The molecule has 0 spiro atoms. The van der Waals surface area contributed by atoms with E-state index in [0.717, 1.165) is 24.0 Å². The van der Waals surface area contributed by atoms with Gasteiger partial charge >= 0.3 is 0 Å². The molecule has 0 saturated heterocycles. The van der Waals surface area contributed by atoms with Gasteiger partial charge in [0.05, 0.1) is 5.69 Å². The predicted molar refractivity (Wildman–Crippen MR) is 100 cm³/mol. The first-order valence-electron chi connectivity index (χ1n) is 8.47. The van der Waals surface area contributed by atoms with E-state index in [1.807, 2.05) is 11.3 Å². The minimum absolute atomic E-state index is 0.748. The van der Waals surface area contributed by atoms with E-state index < -0.39 is 0 Å². The molecule has 1 unspecified atom stereocenters. The molecule has 3 nitrogen and oxygen atoms in total. The molecule has 122 valence electrons. The largest absolute Gasteiger partial charge is 0.375 e. The average Bonchev–Trinajstić information content (AvgIpc) is 3.21. The fraction of sp³-hybridized carbons (Fsp3) is 0.500. The summed E-state index contributed by atoms with van der Waals surface area (Å²) in [7, 11) is 0. The fourth-order valence-electron chi connectivity index (χ4n) is 3.67. The van der Waals surface area contributed by atoms with E-state index in [0.29, 0.717) is 0 Å². The fourth-order valence-corrected chi connectivity index (χ4v) is 5.46. The van der Waals surface area contributed by atoms with Gasteiger partial charge in [-0.1, -0.05) is 12.1 Å². The van der Waals surface area contributed by atoms with Crippen LogP contribution >= 0.6 is 22.7 Å². The number of nitrogens with zero attached hydrogens (tertiary/aromatic N) is 2. The van der Waals surface area contributed by atoms with Gasteiger partial charge in [-0.25, -0.2) is 4.98 Å². The summed E-state index contributed by atoms with van der Waals surface area (Å²) in [5.41, 5.74) is 8.65. The molecule has 2 aromatic heterocycles. The zero-order valence-corrected chi connectivity index (χ0v) is 15.0. The van der Waals surface area contributed by atoms with Crippen LogP contribution in [-0.4, -0.2) is 29.5 Å². The van der Waals surface area contributed by atoms with E-state index in [4.69, 9.17) is 5.73 Å². The number of hydrogen-bond acceptors (Lipinski definition) is 5. The lowest BCUT2D eigenvalue weighted by Gasteiger charge is -2.29. The Kier molecular flexibility index (Phi) is 4.51. The second kappa shape index (κ2) is 6.75. The first-order chi connectivity index (χ1) is 11.3. The predicted octanol–water partition coefficient (Wildman–Crippen LogP) is 4.07. The van der Waals surface area contributed by atoms with Gasteiger partial charge in [0.1, 0.15) is 0 Å². The Bertz CT molecular complexity index is 687. The minimum atomic E-state index is 0.748. The van der Waals surface area contributed by atoms with Gasteiger partial charge in [0, 0.05) is 22.8 Å². The van der Waals surface area contributed by atoms with Crippen molar-refractivity contribution in [1.82, 2.24) is 9.88 Å². The SMILES string of the molecule is Nc1nc2c(s1)CC(CCN1CC=C(c3cccs3)CC1)CC2.